The van der Waals surface area contributed by atoms with Gasteiger partial charge in [0.05, 0.1) is 10.6 Å². The lowest BCUT2D eigenvalue weighted by atomic mass is 10.1. The van der Waals surface area contributed by atoms with Gasteiger partial charge >= 0.3 is 0 Å². The molecule has 6 heteroatoms. The SMILES string of the molecule is C/C(=N\N)c1cc([N+](=O)[O-])ccc1F.CC(C)C. The van der Waals surface area contributed by atoms with Crippen LogP contribution in [0.3, 0.4) is 0 Å². The molecule has 18 heavy (non-hydrogen) atoms. The van der Waals surface area contributed by atoms with Gasteiger partial charge in [0.1, 0.15) is 5.82 Å². The first-order valence-electron chi connectivity index (χ1n) is 5.48. The largest absolute Gasteiger partial charge is 0.323 e. The van der Waals surface area contributed by atoms with Crippen LogP contribution in [0.15, 0.2) is 23.3 Å². The maximum absolute atomic E-state index is 13.1. The first kappa shape index (κ1) is 16.0. The van der Waals surface area contributed by atoms with Crippen LogP contribution in [0, 0.1) is 21.8 Å². The summed E-state index contributed by atoms with van der Waals surface area (Å²) in [5.74, 6) is 5.20. The number of halogens is 1. The van der Waals surface area contributed by atoms with Crippen LogP contribution in [-0.4, -0.2) is 10.6 Å². The smallest absolute Gasteiger partial charge is 0.270 e. The number of nitrogens with zero attached hydrogens (tertiary/aromatic N) is 2. The second-order valence-corrected chi connectivity index (χ2v) is 4.37. The lowest BCUT2D eigenvalue weighted by Crippen LogP contribution is -2.03. The van der Waals surface area contributed by atoms with Gasteiger partial charge in [0, 0.05) is 17.7 Å². The number of nitrogens with two attached hydrogens (primary N) is 1. The molecule has 0 heterocycles. The Balaban J connectivity index is 0.000000631. The van der Waals surface area contributed by atoms with E-state index in [1.54, 1.807) is 0 Å². The highest BCUT2D eigenvalue weighted by atomic mass is 19.1. The van der Waals surface area contributed by atoms with E-state index >= 15 is 0 Å². The first-order valence-corrected chi connectivity index (χ1v) is 5.48. The number of non-ortho nitro benzene ring substituents is 1. The average molecular weight is 255 g/mol. The third kappa shape index (κ3) is 5.38. The lowest BCUT2D eigenvalue weighted by Gasteiger charge is -2.00. The van der Waals surface area contributed by atoms with Gasteiger partial charge in [-0.3, -0.25) is 10.1 Å². The Morgan fingerprint density at radius 2 is 1.94 bits per heavy atom. The van der Waals surface area contributed by atoms with Gasteiger partial charge in [-0.25, -0.2) is 4.39 Å². The highest BCUT2D eigenvalue weighted by molar-refractivity contribution is 5.99. The van der Waals surface area contributed by atoms with Crippen molar-refractivity contribution in [2.24, 2.45) is 16.9 Å². The van der Waals surface area contributed by atoms with Crippen LogP contribution in [0.1, 0.15) is 33.3 Å². The predicted molar refractivity (Wildman–Crippen MR) is 70.0 cm³/mol. The third-order valence-electron chi connectivity index (χ3n) is 1.74. The van der Waals surface area contributed by atoms with Crippen LogP contribution >= 0.6 is 0 Å². The van der Waals surface area contributed by atoms with Gasteiger partial charge in [0.25, 0.3) is 5.69 Å². The molecule has 1 rings (SSSR count). The molecule has 0 radical (unpaired) electrons. The Hall–Kier alpha value is -1.98. The maximum Gasteiger partial charge on any atom is 0.270 e. The van der Waals surface area contributed by atoms with E-state index in [1.807, 2.05) is 0 Å². The van der Waals surface area contributed by atoms with Crippen LogP contribution in [0.2, 0.25) is 0 Å². The lowest BCUT2D eigenvalue weighted by molar-refractivity contribution is -0.384. The van der Waals surface area contributed by atoms with E-state index in [4.69, 9.17) is 5.84 Å². The topological polar surface area (TPSA) is 81.5 Å². The van der Waals surface area contributed by atoms with Gasteiger partial charge in [-0.2, -0.15) is 5.10 Å². The summed E-state index contributed by atoms with van der Waals surface area (Å²) in [6.45, 7) is 7.97. The fraction of sp³-hybridized carbons (Fsp3) is 0.417. The van der Waals surface area contributed by atoms with Crippen molar-refractivity contribution in [1.29, 1.82) is 0 Å². The zero-order valence-corrected chi connectivity index (χ0v) is 11.0. The first-order chi connectivity index (χ1) is 8.29. The standard InChI is InChI=1S/C8H8FN3O2.C4H10/c1-5(11-10)7-4-6(12(13)14)2-3-8(7)9;1-4(2)3/h2-4H,10H2,1H3;4H,1-3H3/b11-5+;. The normalized spacial score (nSPS) is 10.9. The Morgan fingerprint density at radius 1 is 1.44 bits per heavy atom. The average Bonchev–Trinajstić information content (AvgIpc) is 2.27. The summed E-state index contributed by atoms with van der Waals surface area (Å²) in [7, 11) is 0. The summed E-state index contributed by atoms with van der Waals surface area (Å²) in [5, 5.41) is 13.7. The zero-order chi connectivity index (χ0) is 14.3. The fourth-order valence-electron chi connectivity index (χ4n) is 0.974. The molecule has 1 aromatic carbocycles. The highest BCUT2D eigenvalue weighted by Gasteiger charge is 2.12. The van der Waals surface area contributed by atoms with Crippen LogP contribution in [0.25, 0.3) is 0 Å². The molecule has 0 atom stereocenters. The molecular weight excluding hydrogens is 237 g/mol. The molecule has 2 N–H and O–H groups in total. The Bertz CT molecular complexity index is 442. The number of hydrogen-bond donors (Lipinski definition) is 1. The molecule has 0 saturated carbocycles. The molecule has 0 bridgehead atoms. The van der Waals surface area contributed by atoms with Gasteiger partial charge in [0.15, 0.2) is 0 Å². The fourth-order valence-corrected chi connectivity index (χ4v) is 0.974. The summed E-state index contributed by atoms with van der Waals surface area (Å²) in [6.07, 6.45) is 0. The number of hydrogen-bond acceptors (Lipinski definition) is 4. The summed E-state index contributed by atoms with van der Waals surface area (Å²) in [5.41, 5.74) is 0.0669. The van der Waals surface area contributed by atoms with Gasteiger partial charge in [0.2, 0.25) is 0 Å². The van der Waals surface area contributed by atoms with E-state index in [-0.39, 0.29) is 17.0 Å². The molecule has 0 unspecified atom stereocenters. The summed E-state index contributed by atoms with van der Waals surface area (Å²) in [6, 6.07) is 3.20. The van der Waals surface area contributed by atoms with Crippen molar-refractivity contribution in [3.05, 3.63) is 39.7 Å². The zero-order valence-electron chi connectivity index (χ0n) is 11.0. The van der Waals surface area contributed by atoms with Gasteiger partial charge in [-0.05, 0) is 18.9 Å². The summed E-state index contributed by atoms with van der Waals surface area (Å²) >= 11 is 0. The minimum atomic E-state index is -0.604. The molecular formula is C12H18FN3O2. The van der Waals surface area contributed by atoms with Gasteiger partial charge in [-0.1, -0.05) is 20.8 Å². The predicted octanol–water partition coefficient (Wildman–Crippen LogP) is 3.08. The van der Waals surface area contributed by atoms with Gasteiger partial charge < -0.3 is 5.84 Å². The molecule has 0 saturated heterocycles. The second-order valence-electron chi connectivity index (χ2n) is 4.37. The Labute approximate surface area is 106 Å². The monoisotopic (exact) mass is 255 g/mol. The molecule has 5 nitrogen and oxygen atoms in total. The van der Waals surface area contributed by atoms with Crippen molar-refractivity contribution in [1.82, 2.24) is 0 Å². The van der Waals surface area contributed by atoms with Gasteiger partial charge in [-0.15, -0.1) is 0 Å². The number of hydrazone groups is 1. The van der Waals surface area contributed by atoms with Crippen molar-refractivity contribution in [2.75, 3.05) is 0 Å². The molecule has 0 aliphatic carbocycles. The minimum Gasteiger partial charge on any atom is -0.323 e. The Kier molecular flexibility index (Phi) is 6.56. The summed E-state index contributed by atoms with van der Waals surface area (Å²) in [4.78, 5) is 9.78. The van der Waals surface area contributed by atoms with E-state index in [0.717, 1.165) is 24.1 Å². The molecule has 0 fully saturated rings. The quantitative estimate of drug-likeness (QED) is 0.381. The van der Waals surface area contributed by atoms with E-state index in [9.17, 15) is 14.5 Å². The molecule has 0 aliphatic heterocycles. The van der Waals surface area contributed by atoms with Crippen LogP contribution in [-0.2, 0) is 0 Å². The van der Waals surface area contributed by atoms with E-state index in [1.165, 1.54) is 6.92 Å². The number of rotatable bonds is 2. The molecule has 0 amide bonds. The molecule has 0 aliphatic rings. The second kappa shape index (κ2) is 7.37. The molecule has 1 aromatic rings. The molecule has 0 spiro atoms. The Morgan fingerprint density at radius 3 is 2.33 bits per heavy atom. The highest BCUT2D eigenvalue weighted by Crippen LogP contribution is 2.17. The van der Waals surface area contributed by atoms with Crippen LogP contribution in [0.4, 0.5) is 10.1 Å². The van der Waals surface area contributed by atoms with E-state index in [2.05, 4.69) is 25.9 Å². The maximum atomic E-state index is 13.1. The minimum absolute atomic E-state index is 0.0432. The van der Waals surface area contributed by atoms with Crippen molar-refractivity contribution in [3.63, 3.8) is 0 Å². The number of nitro benzene ring substituents is 1. The van der Waals surface area contributed by atoms with Crippen molar-refractivity contribution >= 4 is 11.4 Å². The van der Waals surface area contributed by atoms with Crippen molar-refractivity contribution < 1.29 is 9.31 Å². The number of nitro groups is 1. The molecule has 0 aromatic heterocycles. The van der Waals surface area contributed by atoms with Crippen molar-refractivity contribution in [2.45, 2.75) is 27.7 Å². The van der Waals surface area contributed by atoms with E-state index < -0.39 is 10.7 Å². The van der Waals surface area contributed by atoms with E-state index in [0.29, 0.717) is 0 Å². The van der Waals surface area contributed by atoms with Crippen LogP contribution in [0.5, 0.6) is 0 Å². The summed E-state index contributed by atoms with van der Waals surface area (Å²) < 4.78 is 13.1. The third-order valence-corrected chi connectivity index (χ3v) is 1.74. The van der Waals surface area contributed by atoms with Crippen molar-refractivity contribution in [3.8, 4) is 0 Å². The number of benzene rings is 1. The van der Waals surface area contributed by atoms with Crippen LogP contribution < -0.4 is 5.84 Å². The molecule has 100 valence electrons.